The number of aryl methyl sites for hydroxylation is 1. The van der Waals surface area contributed by atoms with E-state index < -0.39 is 0 Å². The zero-order valence-corrected chi connectivity index (χ0v) is 11.8. The van der Waals surface area contributed by atoms with Crippen LogP contribution in [0, 0.1) is 5.82 Å². The third-order valence-corrected chi connectivity index (χ3v) is 2.98. The molecule has 0 saturated carbocycles. The van der Waals surface area contributed by atoms with Gasteiger partial charge in [0.1, 0.15) is 5.82 Å². The van der Waals surface area contributed by atoms with Gasteiger partial charge in [-0.25, -0.2) is 14.4 Å². The van der Waals surface area contributed by atoms with E-state index in [1.165, 1.54) is 6.07 Å². The molecule has 0 bridgehead atoms. The number of nitrogens with zero attached hydrogens (tertiary/aromatic N) is 3. The Balaban J connectivity index is 1.86. The molecule has 106 valence electrons. The normalized spacial score (nSPS) is 10.3. The number of anilines is 2. The lowest BCUT2D eigenvalue weighted by atomic mass is 10.1. The molecule has 5 heteroatoms. The van der Waals surface area contributed by atoms with Crippen molar-refractivity contribution in [2.45, 2.75) is 12.8 Å². The van der Waals surface area contributed by atoms with Crippen LogP contribution in [0.5, 0.6) is 0 Å². The average Bonchev–Trinajstić information content (AvgIpc) is 2.45. The molecule has 1 aromatic carbocycles. The second-order valence-corrected chi connectivity index (χ2v) is 4.74. The Morgan fingerprint density at radius 3 is 2.65 bits per heavy atom. The molecule has 20 heavy (non-hydrogen) atoms. The minimum atomic E-state index is -0.138. The lowest BCUT2D eigenvalue weighted by Gasteiger charge is -2.15. The van der Waals surface area contributed by atoms with Crippen molar-refractivity contribution >= 4 is 11.6 Å². The monoisotopic (exact) mass is 274 g/mol. The van der Waals surface area contributed by atoms with Gasteiger partial charge in [-0.3, -0.25) is 0 Å². The summed E-state index contributed by atoms with van der Waals surface area (Å²) in [4.78, 5) is 10.5. The maximum atomic E-state index is 13.5. The fourth-order valence-electron chi connectivity index (χ4n) is 1.97. The average molecular weight is 274 g/mol. The van der Waals surface area contributed by atoms with Gasteiger partial charge in [0.15, 0.2) is 11.6 Å². The van der Waals surface area contributed by atoms with Gasteiger partial charge in [-0.1, -0.05) is 18.2 Å². The molecule has 0 spiro atoms. The van der Waals surface area contributed by atoms with E-state index in [9.17, 15) is 4.39 Å². The first-order chi connectivity index (χ1) is 9.68. The summed E-state index contributed by atoms with van der Waals surface area (Å²) >= 11 is 0. The first-order valence-corrected chi connectivity index (χ1v) is 6.64. The summed E-state index contributed by atoms with van der Waals surface area (Å²) in [6, 6.07) is 6.89. The first-order valence-electron chi connectivity index (χ1n) is 6.64. The van der Waals surface area contributed by atoms with Gasteiger partial charge in [-0.2, -0.15) is 0 Å². The number of aromatic nitrogens is 2. The van der Waals surface area contributed by atoms with Crippen LogP contribution in [-0.2, 0) is 6.42 Å². The SMILES string of the molecule is CN(C)c1nccnc1NCCCc1ccccc1F. The molecule has 4 nitrogen and oxygen atoms in total. The largest absolute Gasteiger partial charge is 0.367 e. The van der Waals surface area contributed by atoms with E-state index >= 15 is 0 Å². The predicted octanol–water partition coefficient (Wildman–Crippen LogP) is 2.73. The molecule has 0 fully saturated rings. The van der Waals surface area contributed by atoms with Crippen molar-refractivity contribution in [2.24, 2.45) is 0 Å². The Hall–Kier alpha value is -2.17. The Morgan fingerprint density at radius 2 is 1.90 bits per heavy atom. The standard InChI is InChI=1S/C15H19FN4/c1-20(2)15-14(18-10-11-19-15)17-9-5-7-12-6-3-4-8-13(12)16/h3-4,6,8,10-11H,5,7,9H2,1-2H3,(H,17,18). The lowest BCUT2D eigenvalue weighted by Crippen LogP contribution is -2.15. The van der Waals surface area contributed by atoms with Gasteiger partial charge in [0.2, 0.25) is 0 Å². The summed E-state index contributed by atoms with van der Waals surface area (Å²) in [5.74, 6) is 1.42. The third-order valence-electron chi connectivity index (χ3n) is 2.98. The topological polar surface area (TPSA) is 41.1 Å². The van der Waals surface area contributed by atoms with Crippen molar-refractivity contribution in [1.29, 1.82) is 0 Å². The van der Waals surface area contributed by atoms with Gasteiger partial charge in [-0.15, -0.1) is 0 Å². The number of hydrogen-bond acceptors (Lipinski definition) is 4. The Kier molecular flexibility index (Phi) is 4.87. The summed E-state index contributed by atoms with van der Waals surface area (Å²) in [5, 5.41) is 3.25. The highest BCUT2D eigenvalue weighted by Gasteiger charge is 2.06. The molecule has 2 rings (SSSR count). The molecule has 0 amide bonds. The van der Waals surface area contributed by atoms with E-state index in [1.54, 1.807) is 18.5 Å². The maximum Gasteiger partial charge on any atom is 0.171 e. The van der Waals surface area contributed by atoms with Crippen LogP contribution < -0.4 is 10.2 Å². The second kappa shape index (κ2) is 6.84. The molecule has 0 atom stereocenters. The zero-order chi connectivity index (χ0) is 14.4. The van der Waals surface area contributed by atoms with Crippen molar-refractivity contribution in [2.75, 3.05) is 30.9 Å². The molecule has 0 radical (unpaired) electrons. The van der Waals surface area contributed by atoms with Crippen LogP contribution in [0.4, 0.5) is 16.0 Å². The van der Waals surface area contributed by atoms with Crippen molar-refractivity contribution in [3.63, 3.8) is 0 Å². The third kappa shape index (κ3) is 3.66. The minimum absolute atomic E-state index is 0.138. The minimum Gasteiger partial charge on any atom is -0.367 e. The van der Waals surface area contributed by atoms with Crippen LogP contribution in [0.1, 0.15) is 12.0 Å². The summed E-state index contributed by atoms with van der Waals surface area (Å²) < 4.78 is 13.5. The van der Waals surface area contributed by atoms with E-state index in [4.69, 9.17) is 0 Å². The highest BCUT2D eigenvalue weighted by atomic mass is 19.1. The van der Waals surface area contributed by atoms with E-state index in [-0.39, 0.29) is 5.82 Å². The molecule has 1 aromatic heterocycles. The quantitative estimate of drug-likeness (QED) is 0.822. The van der Waals surface area contributed by atoms with Gasteiger partial charge in [-0.05, 0) is 24.5 Å². The summed E-state index contributed by atoms with van der Waals surface area (Å²) in [7, 11) is 3.85. The van der Waals surface area contributed by atoms with E-state index in [2.05, 4.69) is 15.3 Å². The molecular formula is C15H19FN4. The Bertz CT molecular complexity index is 557. The number of rotatable bonds is 6. The highest BCUT2D eigenvalue weighted by molar-refractivity contribution is 5.59. The molecule has 2 aromatic rings. The first kappa shape index (κ1) is 14.2. The predicted molar refractivity (Wildman–Crippen MR) is 79.6 cm³/mol. The van der Waals surface area contributed by atoms with Crippen molar-refractivity contribution in [3.05, 3.63) is 48.0 Å². The van der Waals surface area contributed by atoms with Crippen LogP contribution in [0.25, 0.3) is 0 Å². The van der Waals surface area contributed by atoms with Crippen molar-refractivity contribution in [1.82, 2.24) is 9.97 Å². The van der Waals surface area contributed by atoms with Crippen LogP contribution in [0.2, 0.25) is 0 Å². The highest BCUT2D eigenvalue weighted by Crippen LogP contribution is 2.17. The fraction of sp³-hybridized carbons (Fsp3) is 0.333. The van der Waals surface area contributed by atoms with Crippen molar-refractivity contribution < 1.29 is 4.39 Å². The molecule has 0 aliphatic heterocycles. The van der Waals surface area contributed by atoms with Gasteiger partial charge in [0, 0.05) is 33.0 Å². The van der Waals surface area contributed by atoms with Gasteiger partial charge >= 0.3 is 0 Å². The zero-order valence-electron chi connectivity index (χ0n) is 11.8. The molecular weight excluding hydrogens is 255 g/mol. The van der Waals surface area contributed by atoms with Gasteiger partial charge < -0.3 is 10.2 Å². The van der Waals surface area contributed by atoms with E-state index in [1.807, 2.05) is 31.1 Å². The van der Waals surface area contributed by atoms with Crippen LogP contribution in [0.3, 0.4) is 0 Å². The molecule has 1 heterocycles. The summed E-state index contributed by atoms with van der Waals surface area (Å²) in [6.07, 6.45) is 4.87. The maximum absolute atomic E-state index is 13.5. The molecule has 0 unspecified atom stereocenters. The van der Waals surface area contributed by atoms with E-state index in [0.717, 1.165) is 30.2 Å². The Morgan fingerprint density at radius 1 is 1.15 bits per heavy atom. The summed E-state index contributed by atoms with van der Waals surface area (Å²) in [5.41, 5.74) is 0.751. The lowest BCUT2D eigenvalue weighted by molar-refractivity contribution is 0.606. The number of nitrogens with one attached hydrogen (secondary N) is 1. The van der Waals surface area contributed by atoms with Crippen LogP contribution in [0.15, 0.2) is 36.7 Å². The molecule has 0 aliphatic carbocycles. The van der Waals surface area contributed by atoms with Crippen molar-refractivity contribution in [3.8, 4) is 0 Å². The Labute approximate surface area is 118 Å². The van der Waals surface area contributed by atoms with Gasteiger partial charge in [0.25, 0.3) is 0 Å². The van der Waals surface area contributed by atoms with Crippen LogP contribution >= 0.6 is 0 Å². The smallest absolute Gasteiger partial charge is 0.171 e. The number of hydrogen-bond donors (Lipinski definition) is 1. The van der Waals surface area contributed by atoms with Gasteiger partial charge in [0.05, 0.1) is 0 Å². The second-order valence-electron chi connectivity index (χ2n) is 4.74. The number of benzene rings is 1. The molecule has 0 saturated heterocycles. The van der Waals surface area contributed by atoms with E-state index in [0.29, 0.717) is 6.42 Å². The van der Waals surface area contributed by atoms with Crippen LogP contribution in [-0.4, -0.2) is 30.6 Å². The summed E-state index contributed by atoms with van der Waals surface area (Å²) in [6.45, 7) is 0.730. The fourth-order valence-corrected chi connectivity index (χ4v) is 1.97. The number of halogens is 1. The molecule has 0 aliphatic rings. The molecule has 1 N–H and O–H groups in total.